The zero-order valence-electron chi connectivity index (χ0n) is 19.7. The SMILES string of the molecule is CC(=O)N[C@H]1CC[C@H](NC(=O)c2cnn3cc(-c4ccncc4C)cc3c2NC(C)C)CC1. The third-order valence-corrected chi connectivity index (χ3v) is 6.12. The molecule has 8 heteroatoms. The monoisotopic (exact) mass is 448 g/mol. The van der Waals surface area contributed by atoms with Crippen LogP contribution in [0.15, 0.2) is 36.9 Å². The first-order valence-electron chi connectivity index (χ1n) is 11.6. The van der Waals surface area contributed by atoms with Crippen molar-refractivity contribution in [1.29, 1.82) is 0 Å². The van der Waals surface area contributed by atoms with E-state index in [1.54, 1.807) is 19.3 Å². The summed E-state index contributed by atoms with van der Waals surface area (Å²) in [6.07, 6.45) is 10.7. The minimum atomic E-state index is -0.126. The molecule has 1 fully saturated rings. The Morgan fingerprint density at radius 3 is 2.42 bits per heavy atom. The van der Waals surface area contributed by atoms with E-state index in [0.717, 1.165) is 53.6 Å². The number of fused-ring (bicyclic) bond motifs is 1. The molecule has 0 radical (unpaired) electrons. The summed E-state index contributed by atoms with van der Waals surface area (Å²) >= 11 is 0. The fourth-order valence-corrected chi connectivity index (χ4v) is 4.55. The van der Waals surface area contributed by atoms with Crippen LogP contribution in [0.3, 0.4) is 0 Å². The maximum absolute atomic E-state index is 13.3. The number of amides is 2. The average molecular weight is 449 g/mol. The Morgan fingerprint density at radius 1 is 1.09 bits per heavy atom. The summed E-state index contributed by atoms with van der Waals surface area (Å²) in [5.74, 6) is -0.126. The number of carbonyl (C=O) groups excluding carboxylic acids is 2. The molecule has 3 aromatic heterocycles. The molecule has 0 spiro atoms. The molecule has 2 amide bonds. The van der Waals surface area contributed by atoms with Gasteiger partial charge in [0.1, 0.15) is 0 Å². The predicted molar refractivity (Wildman–Crippen MR) is 129 cm³/mol. The molecule has 1 saturated carbocycles. The van der Waals surface area contributed by atoms with Gasteiger partial charge in [0.25, 0.3) is 5.91 Å². The number of aromatic nitrogens is 3. The molecule has 0 aromatic carbocycles. The van der Waals surface area contributed by atoms with Gasteiger partial charge >= 0.3 is 0 Å². The molecule has 0 saturated heterocycles. The van der Waals surface area contributed by atoms with E-state index in [2.05, 4.69) is 45.9 Å². The minimum Gasteiger partial charge on any atom is -0.380 e. The molecule has 33 heavy (non-hydrogen) atoms. The fraction of sp³-hybridized carbons (Fsp3) is 0.440. The second-order valence-electron chi connectivity index (χ2n) is 9.20. The highest BCUT2D eigenvalue weighted by Crippen LogP contribution is 2.30. The van der Waals surface area contributed by atoms with Crippen LogP contribution in [-0.2, 0) is 4.79 Å². The van der Waals surface area contributed by atoms with Crippen LogP contribution in [0.1, 0.15) is 62.4 Å². The van der Waals surface area contributed by atoms with Crippen LogP contribution in [0, 0.1) is 6.92 Å². The standard InChI is InChI=1S/C25H32N6O2/c1-15(2)28-24-22(25(33)30-20-7-5-19(6-8-20)29-17(4)32)13-27-31-14-18(11-23(24)31)21-9-10-26-12-16(21)3/h9-15,19-20,28H,5-8H2,1-4H3,(H,29,32)(H,30,33)/t19-,20-. The zero-order chi connectivity index (χ0) is 23.5. The van der Waals surface area contributed by atoms with Crippen molar-refractivity contribution in [2.45, 2.75) is 71.5 Å². The lowest BCUT2D eigenvalue weighted by Crippen LogP contribution is -2.43. The van der Waals surface area contributed by atoms with E-state index in [1.165, 1.54) is 0 Å². The van der Waals surface area contributed by atoms with Gasteiger partial charge in [0.05, 0.1) is 23.0 Å². The second kappa shape index (κ2) is 9.60. The maximum atomic E-state index is 13.3. The van der Waals surface area contributed by atoms with Gasteiger partial charge in [-0.2, -0.15) is 5.10 Å². The van der Waals surface area contributed by atoms with Gasteiger partial charge in [-0.25, -0.2) is 4.52 Å². The minimum absolute atomic E-state index is 0.000194. The van der Waals surface area contributed by atoms with Gasteiger partial charge in [0.2, 0.25) is 5.91 Å². The van der Waals surface area contributed by atoms with Crippen LogP contribution in [-0.4, -0.2) is 44.5 Å². The molecule has 174 valence electrons. The lowest BCUT2D eigenvalue weighted by atomic mass is 9.91. The van der Waals surface area contributed by atoms with Crippen LogP contribution in [0.4, 0.5) is 5.69 Å². The van der Waals surface area contributed by atoms with Crippen molar-refractivity contribution in [3.05, 3.63) is 48.0 Å². The quantitative estimate of drug-likeness (QED) is 0.534. The number of carbonyl (C=O) groups is 2. The van der Waals surface area contributed by atoms with E-state index in [9.17, 15) is 9.59 Å². The smallest absolute Gasteiger partial charge is 0.255 e. The van der Waals surface area contributed by atoms with E-state index >= 15 is 0 Å². The van der Waals surface area contributed by atoms with E-state index in [-0.39, 0.29) is 29.9 Å². The van der Waals surface area contributed by atoms with Crippen molar-refractivity contribution in [3.8, 4) is 11.1 Å². The van der Waals surface area contributed by atoms with Crippen molar-refractivity contribution >= 4 is 23.0 Å². The highest BCUT2D eigenvalue weighted by molar-refractivity contribution is 6.03. The Hall–Kier alpha value is -3.42. The number of hydrogen-bond donors (Lipinski definition) is 3. The van der Waals surface area contributed by atoms with Crippen LogP contribution in [0.5, 0.6) is 0 Å². The molecule has 0 atom stereocenters. The molecule has 0 bridgehead atoms. The third kappa shape index (κ3) is 5.16. The summed E-state index contributed by atoms with van der Waals surface area (Å²) in [6, 6.07) is 4.49. The number of anilines is 1. The van der Waals surface area contributed by atoms with Crippen LogP contribution < -0.4 is 16.0 Å². The first kappa shape index (κ1) is 22.8. The van der Waals surface area contributed by atoms with Gasteiger partial charge in [0, 0.05) is 49.2 Å². The van der Waals surface area contributed by atoms with Crippen LogP contribution in [0.25, 0.3) is 16.6 Å². The summed E-state index contributed by atoms with van der Waals surface area (Å²) < 4.78 is 1.81. The Bertz CT molecular complexity index is 1160. The number of pyridine rings is 1. The largest absolute Gasteiger partial charge is 0.380 e. The summed E-state index contributed by atoms with van der Waals surface area (Å²) in [5.41, 5.74) is 5.38. The molecule has 1 aliphatic rings. The number of rotatable bonds is 6. The Kier molecular flexibility index (Phi) is 6.62. The third-order valence-electron chi connectivity index (χ3n) is 6.12. The Morgan fingerprint density at radius 2 is 1.79 bits per heavy atom. The molecular formula is C25H32N6O2. The average Bonchev–Trinajstić information content (AvgIpc) is 3.19. The van der Waals surface area contributed by atoms with Crippen molar-refractivity contribution in [1.82, 2.24) is 25.2 Å². The van der Waals surface area contributed by atoms with Crippen molar-refractivity contribution in [2.24, 2.45) is 0 Å². The number of nitrogens with zero attached hydrogens (tertiary/aromatic N) is 3. The summed E-state index contributed by atoms with van der Waals surface area (Å²) in [5, 5.41) is 14.2. The van der Waals surface area contributed by atoms with Gasteiger partial charge in [-0.15, -0.1) is 0 Å². The summed E-state index contributed by atoms with van der Waals surface area (Å²) in [6.45, 7) is 7.69. The van der Waals surface area contributed by atoms with E-state index < -0.39 is 0 Å². The van der Waals surface area contributed by atoms with Gasteiger partial charge in [-0.3, -0.25) is 14.6 Å². The fourth-order valence-electron chi connectivity index (χ4n) is 4.55. The van der Waals surface area contributed by atoms with Gasteiger partial charge in [0.15, 0.2) is 0 Å². The van der Waals surface area contributed by atoms with E-state index in [0.29, 0.717) is 5.56 Å². The summed E-state index contributed by atoms with van der Waals surface area (Å²) in [7, 11) is 0. The molecular weight excluding hydrogens is 416 g/mol. The van der Waals surface area contributed by atoms with Gasteiger partial charge in [-0.1, -0.05) is 0 Å². The zero-order valence-corrected chi connectivity index (χ0v) is 19.7. The highest BCUT2D eigenvalue weighted by atomic mass is 16.2. The molecule has 0 unspecified atom stereocenters. The molecule has 1 aliphatic carbocycles. The topological polar surface area (TPSA) is 100 Å². The normalized spacial score (nSPS) is 18.3. The Balaban J connectivity index is 1.60. The second-order valence-corrected chi connectivity index (χ2v) is 9.20. The highest BCUT2D eigenvalue weighted by Gasteiger charge is 2.25. The molecule has 8 nitrogen and oxygen atoms in total. The number of aryl methyl sites for hydroxylation is 1. The molecule has 3 aromatic rings. The first-order chi connectivity index (χ1) is 15.8. The molecule has 3 N–H and O–H groups in total. The van der Waals surface area contributed by atoms with Gasteiger partial charge in [-0.05, 0) is 69.7 Å². The lowest BCUT2D eigenvalue weighted by Gasteiger charge is -2.29. The number of nitrogens with one attached hydrogen (secondary N) is 3. The maximum Gasteiger partial charge on any atom is 0.255 e. The Labute approximate surface area is 194 Å². The van der Waals surface area contributed by atoms with Crippen LogP contribution in [0.2, 0.25) is 0 Å². The van der Waals surface area contributed by atoms with E-state index in [4.69, 9.17) is 0 Å². The molecule has 4 rings (SSSR count). The van der Waals surface area contributed by atoms with Crippen molar-refractivity contribution in [2.75, 3.05) is 5.32 Å². The number of hydrogen-bond acceptors (Lipinski definition) is 5. The molecule has 0 aliphatic heterocycles. The first-order valence-corrected chi connectivity index (χ1v) is 11.6. The van der Waals surface area contributed by atoms with Crippen molar-refractivity contribution < 1.29 is 9.59 Å². The van der Waals surface area contributed by atoms with Gasteiger partial charge < -0.3 is 16.0 Å². The van der Waals surface area contributed by atoms with E-state index in [1.807, 2.05) is 29.9 Å². The summed E-state index contributed by atoms with van der Waals surface area (Å²) in [4.78, 5) is 28.8. The predicted octanol–water partition coefficient (Wildman–Crippen LogP) is 3.70. The van der Waals surface area contributed by atoms with Crippen LogP contribution >= 0.6 is 0 Å². The van der Waals surface area contributed by atoms with Crippen molar-refractivity contribution in [3.63, 3.8) is 0 Å². The molecule has 3 heterocycles. The lowest BCUT2D eigenvalue weighted by molar-refractivity contribution is -0.119.